The normalized spacial score (nSPS) is 10.8. The minimum absolute atomic E-state index is 0.172. The second-order valence-corrected chi connectivity index (χ2v) is 7.87. The SMILES string of the molecule is COc1ccc2c(=O)cc(-c3cc(Oc4ccc(N)cc4)cc(Oc4ccc(N)cc4)c3)oc2c1. The predicted octanol–water partition coefficient (Wildman–Crippen LogP) is 6.22. The molecular weight excluding hydrogens is 444 g/mol. The van der Waals surface area contributed by atoms with Crippen LogP contribution in [0.3, 0.4) is 0 Å². The standard InChI is InChI=1S/C28H22N2O5/c1-32-22-10-11-25-26(31)16-27(35-28(25)15-22)17-12-23(33-20-6-2-18(29)3-7-20)14-24(13-17)34-21-8-4-19(30)5-9-21/h2-16H,29-30H2,1H3. The fraction of sp³-hybridized carbons (Fsp3) is 0.0357. The molecule has 0 aliphatic heterocycles. The average Bonchev–Trinajstić information content (AvgIpc) is 2.86. The summed E-state index contributed by atoms with van der Waals surface area (Å²) in [6, 6.07) is 25.9. The molecule has 35 heavy (non-hydrogen) atoms. The number of benzene rings is 4. The van der Waals surface area contributed by atoms with Gasteiger partial charge >= 0.3 is 0 Å². The molecule has 1 heterocycles. The van der Waals surface area contributed by atoms with Crippen LogP contribution in [0, 0.1) is 0 Å². The molecule has 1 aromatic heterocycles. The molecule has 0 unspecified atom stereocenters. The Kier molecular flexibility index (Phi) is 5.73. The summed E-state index contributed by atoms with van der Waals surface area (Å²) in [5.74, 6) is 3.13. The zero-order valence-corrected chi connectivity index (χ0v) is 18.9. The molecule has 7 heteroatoms. The summed E-state index contributed by atoms with van der Waals surface area (Å²) >= 11 is 0. The van der Waals surface area contributed by atoms with Crippen LogP contribution in [0.1, 0.15) is 0 Å². The van der Waals surface area contributed by atoms with Crippen LogP contribution in [0.2, 0.25) is 0 Å². The van der Waals surface area contributed by atoms with E-state index in [0.717, 1.165) is 0 Å². The Bertz CT molecular complexity index is 1490. The second kappa shape index (κ2) is 9.15. The van der Waals surface area contributed by atoms with E-state index in [1.165, 1.54) is 6.07 Å². The lowest BCUT2D eigenvalue weighted by Gasteiger charge is -2.13. The van der Waals surface area contributed by atoms with E-state index in [2.05, 4.69) is 0 Å². The van der Waals surface area contributed by atoms with Crippen molar-refractivity contribution >= 4 is 22.3 Å². The minimum atomic E-state index is -0.172. The summed E-state index contributed by atoms with van der Waals surface area (Å²) in [5.41, 5.74) is 13.7. The molecule has 0 spiro atoms. The summed E-state index contributed by atoms with van der Waals surface area (Å²) in [6.07, 6.45) is 0. The highest BCUT2D eigenvalue weighted by Gasteiger charge is 2.13. The van der Waals surface area contributed by atoms with E-state index in [4.69, 9.17) is 30.1 Å². The van der Waals surface area contributed by atoms with Gasteiger partial charge in [-0.25, -0.2) is 0 Å². The van der Waals surface area contributed by atoms with Crippen molar-refractivity contribution in [3.05, 3.63) is 101 Å². The molecule has 5 aromatic rings. The lowest BCUT2D eigenvalue weighted by Crippen LogP contribution is -2.00. The molecule has 7 nitrogen and oxygen atoms in total. The molecule has 4 aromatic carbocycles. The van der Waals surface area contributed by atoms with Crippen LogP contribution in [0.5, 0.6) is 28.7 Å². The van der Waals surface area contributed by atoms with Crippen molar-refractivity contribution in [3.8, 4) is 40.1 Å². The van der Waals surface area contributed by atoms with E-state index >= 15 is 0 Å². The Morgan fingerprint density at radius 3 is 1.71 bits per heavy atom. The van der Waals surface area contributed by atoms with Gasteiger partial charge in [0.05, 0.1) is 12.5 Å². The third-order valence-electron chi connectivity index (χ3n) is 5.33. The topological polar surface area (TPSA) is 110 Å². The Hall–Kier alpha value is -4.91. The number of fused-ring (bicyclic) bond motifs is 1. The predicted molar refractivity (Wildman–Crippen MR) is 136 cm³/mol. The highest BCUT2D eigenvalue weighted by molar-refractivity contribution is 5.80. The number of ether oxygens (including phenoxy) is 3. The first kappa shape index (κ1) is 21.9. The number of nitrogen functional groups attached to an aromatic ring is 2. The van der Waals surface area contributed by atoms with Crippen molar-refractivity contribution in [1.29, 1.82) is 0 Å². The molecule has 174 valence electrons. The van der Waals surface area contributed by atoms with Crippen molar-refractivity contribution in [2.45, 2.75) is 0 Å². The lowest BCUT2D eigenvalue weighted by molar-refractivity contribution is 0.414. The fourth-order valence-corrected chi connectivity index (χ4v) is 3.58. The zero-order chi connectivity index (χ0) is 24.4. The van der Waals surface area contributed by atoms with Gasteiger partial charge in [0.15, 0.2) is 5.43 Å². The van der Waals surface area contributed by atoms with Crippen LogP contribution in [0.15, 0.2) is 100 Å². The molecule has 0 aliphatic rings. The summed E-state index contributed by atoms with van der Waals surface area (Å²) in [6.45, 7) is 0. The lowest BCUT2D eigenvalue weighted by atomic mass is 10.1. The zero-order valence-electron chi connectivity index (χ0n) is 18.9. The maximum Gasteiger partial charge on any atom is 0.193 e. The maximum atomic E-state index is 12.8. The third-order valence-corrected chi connectivity index (χ3v) is 5.33. The average molecular weight is 466 g/mol. The first-order valence-corrected chi connectivity index (χ1v) is 10.8. The van der Waals surface area contributed by atoms with Crippen molar-refractivity contribution in [2.75, 3.05) is 18.6 Å². The van der Waals surface area contributed by atoms with Gasteiger partial charge < -0.3 is 30.1 Å². The number of anilines is 2. The van der Waals surface area contributed by atoms with Crippen LogP contribution < -0.4 is 31.1 Å². The van der Waals surface area contributed by atoms with Crippen LogP contribution in [-0.2, 0) is 0 Å². The highest BCUT2D eigenvalue weighted by atomic mass is 16.5. The Morgan fingerprint density at radius 2 is 1.17 bits per heavy atom. The molecule has 0 amide bonds. The smallest absolute Gasteiger partial charge is 0.193 e. The van der Waals surface area contributed by atoms with Crippen molar-refractivity contribution in [2.24, 2.45) is 0 Å². The molecule has 0 bridgehead atoms. The summed E-state index contributed by atoms with van der Waals surface area (Å²) < 4.78 is 23.5. The molecular formula is C28H22N2O5. The monoisotopic (exact) mass is 466 g/mol. The van der Waals surface area contributed by atoms with Crippen LogP contribution in [0.4, 0.5) is 11.4 Å². The van der Waals surface area contributed by atoms with Gasteiger partial charge in [-0.05, 0) is 72.8 Å². The van der Waals surface area contributed by atoms with E-state index in [1.807, 2.05) is 0 Å². The minimum Gasteiger partial charge on any atom is -0.497 e. The largest absolute Gasteiger partial charge is 0.497 e. The number of hydrogen-bond donors (Lipinski definition) is 2. The van der Waals surface area contributed by atoms with Crippen molar-refractivity contribution < 1.29 is 18.6 Å². The van der Waals surface area contributed by atoms with Gasteiger partial charge in [0, 0.05) is 35.1 Å². The first-order valence-electron chi connectivity index (χ1n) is 10.8. The Labute approximate surface area is 201 Å². The molecule has 0 saturated heterocycles. The molecule has 0 atom stereocenters. The van der Waals surface area contributed by atoms with Gasteiger partial charge in [-0.1, -0.05) is 0 Å². The van der Waals surface area contributed by atoms with Crippen LogP contribution >= 0.6 is 0 Å². The van der Waals surface area contributed by atoms with E-state index < -0.39 is 0 Å². The second-order valence-electron chi connectivity index (χ2n) is 7.87. The van der Waals surface area contributed by atoms with Crippen molar-refractivity contribution in [1.82, 2.24) is 0 Å². The first-order chi connectivity index (χ1) is 17.0. The van der Waals surface area contributed by atoms with E-state index in [0.29, 0.717) is 62.4 Å². The Morgan fingerprint density at radius 1 is 0.629 bits per heavy atom. The quantitative estimate of drug-likeness (QED) is 0.286. The molecule has 5 rings (SSSR count). The number of rotatable bonds is 6. The summed E-state index contributed by atoms with van der Waals surface area (Å²) in [4.78, 5) is 12.8. The number of hydrogen-bond acceptors (Lipinski definition) is 7. The summed E-state index contributed by atoms with van der Waals surface area (Å²) in [7, 11) is 1.56. The van der Waals surface area contributed by atoms with Gasteiger partial charge in [0.1, 0.15) is 40.1 Å². The van der Waals surface area contributed by atoms with Crippen molar-refractivity contribution in [3.63, 3.8) is 0 Å². The van der Waals surface area contributed by atoms with Gasteiger partial charge in [-0.2, -0.15) is 0 Å². The highest BCUT2D eigenvalue weighted by Crippen LogP contribution is 2.35. The molecule has 0 aliphatic carbocycles. The van der Waals surface area contributed by atoms with Gasteiger partial charge in [0.25, 0.3) is 0 Å². The van der Waals surface area contributed by atoms with Gasteiger partial charge in [-0.15, -0.1) is 0 Å². The molecule has 0 radical (unpaired) electrons. The van der Waals surface area contributed by atoms with Gasteiger partial charge in [0.2, 0.25) is 0 Å². The van der Waals surface area contributed by atoms with Crippen LogP contribution in [-0.4, -0.2) is 7.11 Å². The van der Waals surface area contributed by atoms with Gasteiger partial charge in [-0.3, -0.25) is 4.79 Å². The number of methoxy groups -OCH3 is 1. The van der Waals surface area contributed by atoms with E-state index in [9.17, 15) is 4.79 Å². The van der Waals surface area contributed by atoms with E-state index in [1.54, 1.807) is 92.0 Å². The summed E-state index contributed by atoms with van der Waals surface area (Å²) in [5, 5.41) is 0.460. The third kappa shape index (κ3) is 4.89. The molecule has 0 saturated carbocycles. The Balaban J connectivity index is 1.60. The molecule has 0 fully saturated rings. The molecule has 4 N–H and O–H groups in total. The number of nitrogens with two attached hydrogens (primary N) is 2. The fourth-order valence-electron chi connectivity index (χ4n) is 3.58. The maximum absolute atomic E-state index is 12.8. The van der Waals surface area contributed by atoms with Crippen LogP contribution in [0.25, 0.3) is 22.3 Å². The van der Waals surface area contributed by atoms with E-state index in [-0.39, 0.29) is 5.43 Å².